The SMILES string of the molecule is COc1ccc2nc(-c3ccc(C(C)(C)CCC(=O)O)cc3)c(=O)[nH]c2c1. The second-order valence-electron chi connectivity index (χ2n) is 7.15. The van der Waals surface area contributed by atoms with E-state index in [4.69, 9.17) is 9.84 Å². The molecule has 0 saturated heterocycles. The van der Waals surface area contributed by atoms with Gasteiger partial charge >= 0.3 is 5.97 Å². The summed E-state index contributed by atoms with van der Waals surface area (Å²) in [5.41, 5.74) is 2.85. The van der Waals surface area contributed by atoms with Crippen LogP contribution < -0.4 is 10.3 Å². The molecule has 0 atom stereocenters. The lowest BCUT2D eigenvalue weighted by atomic mass is 9.80. The number of rotatable bonds is 6. The van der Waals surface area contributed by atoms with E-state index in [1.807, 2.05) is 38.1 Å². The zero-order valence-corrected chi connectivity index (χ0v) is 15.6. The lowest BCUT2D eigenvalue weighted by Gasteiger charge is -2.24. The molecule has 27 heavy (non-hydrogen) atoms. The minimum Gasteiger partial charge on any atom is -0.497 e. The number of ether oxygens (including phenoxy) is 1. The molecule has 0 aliphatic heterocycles. The van der Waals surface area contributed by atoms with Gasteiger partial charge in [-0.3, -0.25) is 9.59 Å². The summed E-state index contributed by atoms with van der Waals surface area (Å²) in [5, 5.41) is 8.91. The molecular weight excluding hydrogens is 344 g/mol. The zero-order valence-electron chi connectivity index (χ0n) is 15.6. The van der Waals surface area contributed by atoms with Gasteiger partial charge < -0.3 is 14.8 Å². The maximum Gasteiger partial charge on any atom is 0.303 e. The second kappa shape index (κ2) is 7.23. The molecule has 0 fully saturated rings. The van der Waals surface area contributed by atoms with Crippen molar-refractivity contribution in [1.82, 2.24) is 9.97 Å². The highest BCUT2D eigenvalue weighted by atomic mass is 16.5. The molecule has 2 N–H and O–H groups in total. The molecule has 3 rings (SSSR count). The molecule has 0 saturated carbocycles. The minimum atomic E-state index is -0.803. The number of aromatic amines is 1. The zero-order chi connectivity index (χ0) is 19.6. The fraction of sp³-hybridized carbons (Fsp3) is 0.286. The number of aliphatic carboxylic acids is 1. The third kappa shape index (κ3) is 4.00. The summed E-state index contributed by atoms with van der Waals surface area (Å²) < 4.78 is 5.17. The van der Waals surface area contributed by atoms with Gasteiger partial charge in [0, 0.05) is 18.1 Å². The van der Waals surface area contributed by atoms with Crippen LogP contribution in [0.25, 0.3) is 22.3 Å². The Balaban J connectivity index is 1.94. The average Bonchev–Trinajstić information content (AvgIpc) is 2.65. The third-order valence-corrected chi connectivity index (χ3v) is 4.80. The van der Waals surface area contributed by atoms with E-state index >= 15 is 0 Å². The average molecular weight is 366 g/mol. The van der Waals surface area contributed by atoms with Crippen molar-refractivity contribution in [2.45, 2.75) is 32.1 Å². The van der Waals surface area contributed by atoms with Gasteiger partial charge in [0.2, 0.25) is 0 Å². The molecule has 2 aromatic carbocycles. The maximum absolute atomic E-state index is 12.5. The van der Waals surface area contributed by atoms with Crippen LogP contribution in [0.5, 0.6) is 5.75 Å². The van der Waals surface area contributed by atoms with Gasteiger partial charge in [0.05, 0.1) is 18.1 Å². The van der Waals surface area contributed by atoms with E-state index in [-0.39, 0.29) is 17.4 Å². The Morgan fingerprint density at radius 1 is 1.19 bits per heavy atom. The van der Waals surface area contributed by atoms with Crippen LogP contribution in [0.4, 0.5) is 0 Å². The van der Waals surface area contributed by atoms with E-state index in [0.29, 0.717) is 34.5 Å². The number of nitrogens with one attached hydrogen (secondary N) is 1. The van der Waals surface area contributed by atoms with Gasteiger partial charge in [0.15, 0.2) is 0 Å². The number of nitrogens with zero attached hydrogens (tertiary/aromatic N) is 1. The maximum atomic E-state index is 12.5. The lowest BCUT2D eigenvalue weighted by molar-refractivity contribution is -0.137. The number of hydrogen-bond acceptors (Lipinski definition) is 4. The number of benzene rings is 2. The fourth-order valence-electron chi connectivity index (χ4n) is 3.03. The molecule has 1 aromatic heterocycles. The van der Waals surface area contributed by atoms with Crippen molar-refractivity contribution in [2.24, 2.45) is 0 Å². The third-order valence-electron chi connectivity index (χ3n) is 4.80. The summed E-state index contributed by atoms with van der Waals surface area (Å²) in [6.45, 7) is 4.03. The summed E-state index contributed by atoms with van der Waals surface area (Å²) in [7, 11) is 1.57. The summed E-state index contributed by atoms with van der Waals surface area (Å²) in [4.78, 5) is 30.7. The molecule has 6 nitrogen and oxygen atoms in total. The molecule has 140 valence electrons. The van der Waals surface area contributed by atoms with Crippen molar-refractivity contribution in [1.29, 1.82) is 0 Å². The van der Waals surface area contributed by atoms with E-state index in [9.17, 15) is 9.59 Å². The smallest absolute Gasteiger partial charge is 0.303 e. The summed E-state index contributed by atoms with van der Waals surface area (Å²) in [6.07, 6.45) is 0.655. The van der Waals surface area contributed by atoms with Gasteiger partial charge in [-0.05, 0) is 29.5 Å². The number of H-pyrrole nitrogens is 1. The van der Waals surface area contributed by atoms with Crippen LogP contribution in [-0.4, -0.2) is 28.2 Å². The summed E-state index contributed by atoms with van der Waals surface area (Å²) in [5.74, 6) is -0.149. The predicted octanol–water partition coefficient (Wildman–Crippen LogP) is 3.74. The Kier molecular flexibility index (Phi) is 4.99. The molecule has 0 spiro atoms. The standard InChI is InChI=1S/C21H22N2O4/c1-21(2,11-10-18(24)25)14-6-4-13(5-7-14)19-20(26)23-17-12-15(27-3)8-9-16(17)22-19/h4-9,12H,10-11H2,1-3H3,(H,23,26)(H,24,25). The number of aromatic nitrogens is 2. The van der Waals surface area contributed by atoms with Crippen LogP contribution in [-0.2, 0) is 10.2 Å². The van der Waals surface area contributed by atoms with Crippen LogP contribution in [0.3, 0.4) is 0 Å². The van der Waals surface area contributed by atoms with Crippen molar-refractivity contribution >= 4 is 17.0 Å². The first kappa shape index (κ1) is 18.6. The van der Waals surface area contributed by atoms with Gasteiger partial charge in [-0.2, -0.15) is 0 Å². The van der Waals surface area contributed by atoms with Gasteiger partial charge in [-0.15, -0.1) is 0 Å². The summed E-state index contributed by atoms with van der Waals surface area (Å²) >= 11 is 0. The molecule has 0 bridgehead atoms. The topological polar surface area (TPSA) is 92.3 Å². The Hall–Kier alpha value is -3.15. The highest BCUT2D eigenvalue weighted by Crippen LogP contribution is 2.30. The molecule has 3 aromatic rings. The van der Waals surface area contributed by atoms with Crippen molar-refractivity contribution < 1.29 is 14.6 Å². The highest BCUT2D eigenvalue weighted by Gasteiger charge is 2.22. The largest absolute Gasteiger partial charge is 0.497 e. The molecule has 0 unspecified atom stereocenters. The van der Waals surface area contributed by atoms with Gasteiger partial charge in [0.1, 0.15) is 11.4 Å². The van der Waals surface area contributed by atoms with E-state index in [0.717, 1.165) is 5.56 Å². The van der Waals surface area contributed by atoms with Crippen LogP contribution in [0.1, 0.15) is 32.3 Å². The van der Waals surface area contributed by atoms with E-state index in [1.54, 1.807) is 25.3 Å². The summed E-state index contributed by atoms with van der Waals surface area (Å²) in [6, 6.07) is 12.9. The Labute approximate surface area is 156 Å². The highest BCUT2D eigenvalue weighted by molar-refractivity contribution is 5.78. The first-order valence-electron chi connectivity index (χ1n) is 8.71. The Bertz CT molecular complexity index is 1040. The number of hydrogen-bond donors (Lipinski definition) is 2. The van der Waals surface area contributed by atoms with Gasteiger partial charge in [-0.1, -0.05) is 38.1 Å². The molecule has 1 heterocycles. The number of fused-ring (bicyclic) bond motifs is 1. The number of carbonyl (C=O) groups is 1. The first-order chi connectivity index (χ1) is 12.8. The first-order valence-corrected chi connectivity index (χ1v) is 8.71. The molecule has 0 aliphatic carbocycles. The lowest BCUT2D eigenvalue weighted by Crippen LogP contribution is -2.18. The number of methoxy groups -OCH3 is 1. The predicted molar refractivity (Wildman–Crippen MR) is 104 cm³/mol. The Morgan fingerprint density at radius 3 is 2.52 bits per heavy atom. The Morgan fingerprint density at radius 2 is 1.89 bits per heavy atom. The molecule has 0 aliphatic rings. The molecular formula is C21H22N2O4. The van der Waals surface area contributed by atoms with Crippen LogP contribution in [0, 0.1) is 0 Å². The van der Waals surface area contributed by atoms with E-state index in [2.05, 4.69) is 9.97 Å². The van der Waals surface area contributed by atoms with Crippen LogP contribution >= 0.6 is 0 Å². The van der Waals surface area contributed by atoms with E-state index in [1.165, 1.54) is 0 Å². The van der Waals surface area contributed by atoms with Crippen LogP contribution in [0.2, 0.25) is 0 Å². The monoisotopic (exact) mass is 366 g/mol. The van der Waals surface area contributed by atoms with Gasteiger partial charge in [0.25, 0.3) is 5.56 Å². The molecule has 0 radical (unpaired) electrons. The van der Waals surface area contributed by atoms with Crippen molar-refractivity contribution in [3.8, 4) is 17.0 Å². The van der Waals surface area contributed by atoms with Crippen molar-refractivity contribution in [3.63, 3.8) is 0 Å². The quantitative estimate of drug-likeness (QED) is 0.693. The van der Waals surface area contributed by atoms with Crippen molar-refractivity contribution in [3.05, 3.63) is 58.4 Å². The normalized spacial score (nSPS) is 11.5. The van der Waals surface area contributed by atoms with E-state index < -0.39 is 5.97 Å². The number of carboxylic acid groups (broad SMARTS) is 1. The van der Waals surface area contributed by atoms with Crippen molar-refractivity contribution in [2.75, 3.05) is 7.11 Å². The van der Waals surface area contributed by atoms with Crippen LogP contribution in [0.15, 0.2) is 47.3 Å². The minimum absolute atomic E-state index is 0.115. The second-order valence-corrected chi connectivity index (χ2v) is 7.15. The molecule has 0 amide bonds. The van der Waals surface area contributed by atoms with Gasteiger partial charge in [-0.25, -0.2) is 4.98 Å². The number of carboxylic acids is 1. The fourth-order valence-corrected chi connectivity index (χ4v) is 3.03. The molecule has 6 heteroatoms.